The summed E-state index contributed by atoms with van der Waals surface area (Å²) in [4.78, 5) is 0. The maximum Gasteiger partial charge on any atom is 0.145 e. The van der Waals surface area contributed by atoms with Crippen LogP contribution in [0.15, 0.2) is 12.1 Å². The van der Waals surface area contributed by atoms with Crippen molar-refractivity contribution in [2.24, 2.45) is 0 Å². The SMILES string of the molecule is CCc1cc(O)cc2c1OCCN2. The van der Waals surface area contributed by atoms with E-state index in [1.165, 1.54) is 0 Å². The number of rotatable bonds is 1. The number of phenolic OH excluding ortho intramolecular Hbond substituents is 1. The minimum Gasteiger partial charge on any atom is -0.508 e. The highest BCUT2D eigenvalue weighted by molar-refractivity contribution is 5.64. The molecule has 0 atom stereocenters. The Labute approximate surface area is 77.3 Å². The van der Waals surface area contributed by atoms with Gasteiger partial charge in [0, 0.05) is 12.6 Å². The standard InChI is InChI=1S/C10H13NO2/c1-2-7-5-8(12)6-9-10(7)13-4-3-11-9/h5-6,11-12H,2-4H2,1H3. The third-order valence-electron chi connectivity index (χ3n) is 2.20. The summed E-state index contributed by atoms with van der Waals surface area (Å²) < 4.78 is 5.53. The maximum absolute atomic E-state index is 9.40. The van der Waals surface area contributed by atoms with Crippen LogP contribution in [0.5, 0.6) is 11.5 Å². The first kappa shape index (κ1) is 8.23. The Bertz CT molecular complexity index is 306. The molecule has 0 saturated heterocycles. The Balaban J connectivity index is 2.50. The molecular formula is C10H13NO2. The number of ether oxygens (including phenoxy) is 1. The monoisotopic (exact) mass is 179 g/mol. The van der Waals surface area contributed by atoms with E-state index in [2.05, 4.69) is 5.32 Å². The van der Waals surface area contributed by atoms with Crippen LogP contribution >= 0.6 is 0 Å². The molecular weight excluding hydrogens is 166 g/mol. The molecule has 2 rings (SSSR count). The molecule has 0 saturated carbocycles. The molecule has 0 spiro atoms. The molecule has 1 aliphatic heterocycles. The normalized spacial score (nSPS) is 14.2. The summed E-state index contributed by atoms with van der Waals surface area (Å²) in [6, 6.07) is 3.46. The summed E-state index contributed by atoms with van der Waals surface area (Å²) in [5, 5.41) is 12.6. The van der Waals surface area contributed by atoms with Gasteiger partial charge in [-0.1, -0.05) is 6.92 Å². The molecule has 70 valence electrons. The van der Waals surface area contributed by atoms with Crippen molar-refractivity contribution >= 4 is 5.69 Å². The van der Waals surface area contributed by atoms with Gasteiger partial charge in [0.05, 0.1) is 5.69 Å². The van der Waals surface area contributed by atoms with Crippen LogP contribution in [0.3, 0.4) is 0 Å². The van der Waals surface area contributed by atoms with E-state index in [-0.39, 0.29) is 0 Å². The summed E-state index contributed by atoms with van der Waals surface area (Å²) >= 11 is 0. The lowest BCUT2D eigenvalue weighted by Crippen LogP contribution is -2.18. The summed E-state index contributed by atoms with van der Waals surface area (Å²) in [5.41, 5.74) is 1.96. The number of hydrogen-bond donors (Lipinski definition) is 2. The second-order valence-electron chi connectivity index (χ2n) is 3.11. The van der Waals surface area contributed by atoms with E-state index >= 15 is 0 Å². The molecule has 1 heterocycles. The van der Waals surface area contributed by atoms with Gasteiger partial charge >= 0.3 is 0 Å². The zero-order valence-corrected chi connectivity index (χ0v) is 7.63. The molecule has 0 unspecified atom stereocenters. The second-order valence-corrected chi connectivity index (χ2v) is 3.11. The van der Waals surface area contributed by atoms with Crippen LogP contribution in [0, 0.1) is 0 Å². The van der Waals surface area contributed by atoms with Crippen molar-refractivity contribution in [3.63, 3.8) is 0 Å². The van der Waals surface area contributed by atoms with Crippen LogP contribution in [0.4, 0.5) is 5.69 Å². The number of anilines is 1. The number of nitrogens with one attached hydrogen (secondary N) is 1. The van der Waals surface area contributed by atoms with Crippen molar-refractivity contribution in [2.75, 3.05) is 18.5 Å². The lowest BCUT2D eigenvalue weighted by molar-refractivity contribution is 0.319. The van der Waals surface area contributed by atoms with Crippen molar-refractivity contribution in [3.8, 4) is 11.5 Å². The van der Waals surface area contributed by atoms with Crippen LogP contribution < -0.4 is 10.1 Å². The Morgan fingerprint density at radius 3 is 3.15 bits per heavy atom. The first-order chi connectivity index (χ1) is 6.31. The highest BCUT2D eigenvalue weighted by Gasteiger charge is 2.14. The predicted octanol–water partition coefficient (Wildman–Crippen LogP) is 1.76. The fourth-order valence-corrected chi connectivity index (χ4v) is 1.58. The third-order valence-corrected chi connectivity index (χ3v) is 2.20. The number of aromatic hydroxyl groups is 1. The molecule has 3 nitrogen and oxygen atoms in total. The minimum atomic E-state index is 0.300. The van der Waals surface area contributed by atoms with E-state index in [1.54, 1.807) is 12.1 Å². The average molecular weight is 179 g/mol. The van der Waals surface area contributed by atoms with E-state index in [0.29, 0.717) is 12.4 Å². The summed E-state index contributed by atoms with van der Waals surface area (Å²) in [5.74, 6) is 1.19. The van der Waals surface area contributed by atoms with Crippen LogP contribution in [-0.2, 0) is 6.42 Å². The molecule has 3 heteroatoms. The van der Waals surface area contributed by atoms with Gasteiger partial charge in [0.25, 0.3) is 0 Å². The molecule has 0 amide bonds. The Hall–Kier alpha value is -1.38. The van der Waals surface area contributed by atoms with Crippen LogP contribution in [0.2, 0.25) is 0 Å². The molecule has 13 heavy (non-hydrogen) atoms. The van der Waals surface area contributed by atoms with Gasteiger partial charge in [0.15, 0.2) is 0 Å². The molecule has 0 bridgehead atoms. The highest BCUT2D eigenvalue weighted by atomic mass is 16.5. The van der Waals surface area contributed by atoms with E-state index in [9.17, 15) is 5.11 Å². The number of hydrogen-bond acceptors (Lipinski definition) is 3. The quantitative estimate of drug-likeness (QED) is 0.690. The lowest BCUT2D eigenvalue weighted by Gasteiger charge is -2.21. The average Bonchev–Trinajstić information content (AvgIpc) is 2.16. The lowest BCUT2D eigenvalue weighted by atomic mass is 10.1. The highest BCUT2D eigenvalue weighted by Crippen LogP contribution is 2.35. The number of fused-ring (bicyclic) bond motifs is 1. The molecule has 0 fully saturated rings. The summed E-state index contributed by atoms with van der Waals surface area (Å²) in [7, 11) is 0. The molecule has 0 aromatic heterocycles. The largest absolute Gasteiger partial charge is 0.508 e. The Kier molecular flexibility index (Phi) is 2.00. The fraction of sp³-hybridized carbons (Fsp3) is 0.400. The van der Waals surface area contributed by atoms with Crippen LogP contribution in [0.1, 0.15) is 12.5 Å². The number of aryl methyl sites for hydroxylation is 1. The van der Waals surface area contributed by atoms with Gasteiger partial charge < -0.3 is 15.2 Å². The van der Waals surface area contributed by atoms with Crippen LogP contribution in [-0.4, -0.2) is 18.3 Å². The molecule has 2 N–H and O–H groups in total. The second kappa shape index (κ2) is 3.17. The van der Waals surface area contributed by atoms with Gasteiger partial charge in [-0.25, -0.2) is 0 Å². The predicted molar refractivity (Wildman–Crippen MR) is 51.5 cm³/mol. The molecule has 1 aliphatic rings. The molecule has 0 aliphatic carbocycles. The number of benzene rings is 1. The molecule has 0 radical (unpaired) electrons. The van der Waals surface area contributed by atoms with E-state index in [1.807, 2.05) is 6.92 Å². The molecule has 1 aromatic rings. The smallest absolute Gasteiger partial charge is 0.145 e. The zero-order chi connectivity index (χ0) is 9.26. The van der Waals surface area contributed by atoms with E-state index < -0.39 is 0 Å². The Morgan fingerprint density at radius 2 is 2.38 bits per heavy atom. The summed E-state index contributed by atoms with van der Waals surface area (Å²) in [6.07, 6.45) is 0.873. The van der Waals surface area contributed by atoms with Gasteiger partial charge in [0.1, 0.15) is 18.1 Å². The van der Waals surface area contributed by atoms with Crippen molar-refractivity contribution in [2.45, 2.75) is 13.3 Å². The first-order valence-electron chi connectivity index (χ1n) is 4.54. The Morgan fingerprint density at radius 1 is 1.54 bits per heavy atom. The molecule has 1 aromatic carbocycles. The van der Waals surface area contributed by atoms with Crippen molar-refractivity contribution in [1.82, 2.24) is 0 Å². The van der Waals surface area contributed by atoms with Crippen molar-refractivity contribution in [1.29, 1.82) is 0 Å². The van der Waals surface area contributed by atoms with Crippen molar-refractivity contribution in [3.05, 3.63) is 17.7 Å². The van der Waals surface area contributed by atoms with E-state index in [0.717, 1.165) is 30.0 Å². The zero-order valence-electron chi connectivity index (χ0n) is 7.63. The van der Waals surface area contributed by atoms with Crippen LogP contribution in [0.25, 0.3) is 0 Å². The van der Waals surface area contributed by atoms with Crippen molar-refractivity contribution < 1.29 is 9.84 Å². The topological polar surface area (TPSA) is 41.5 Å². The van der Waals surface area contributed by atoms with Gasteiger partial charge in [0.2, 0.25) is 0 Å². The fourth-order valence-electron chi connectivity index (χ4n) is 1.58. The minimum absolute atomic E-state index is 0.300. The first-order valence-corrected chi connectivity index (χ1v) is 4.54. The van der Waals surface area contributed by atoms with Gasteiger partial charge in [-0.3, -0.25) is 0 Å². The summed E-state index contributed by atoms with van der Waals surface area (Å²) in [6.45, 7) is 3.55. The van der Waals surface area contributed by atoms with Gasteiger partial charge in [-0.15, -0.1) is 0 Å². The van der Waals surface area contributed by atoms with Gasteiger partial charge in [-0.05, 0) is 18.1 Å². The van der Waals surface area contributed by atoms with Gasteiger partial charge in [-0.2, -0.15) is 0 Å². The third kappa shape index (κ3) is 1.41. The maximum atomic E-state index is 9.40. The number of phenols is 1. The van der Waals surface area contributed by atoms with E-state index in [4.69, 9.17) is 4.74 Å².